The summed E-state index contributed by atoms with van der Waals surface area (Å²) in [6.45, 7) is 2.06. The zero-order valence-electron chi connectivity index (χ0n) is 10.6. The van der Waals surface area contributed by atoms with Gasteiger partial charge in [0, 0.05) is 7.11 Å². The Bertz CT molecular complexity index is 619. The van der Waals surface area contributed by atoms with Gasteiger partial charge in [0.2, 0.25) is 0 Å². The fourth-order valence-corrected chi connectivity index (χ4v) is 1.86. The largest absolute Gasteiger partial charge is 0.508 e. The molecule has 2 N–H and O–H groups in total. The Labute approximate surface area is 109 Å². The topological polar surface area (TPSA) is 84.6 Å². The van der Waals surface area contributed by atoms with E-state index in [-0.39, 0.29) is 18.1 Å². The number of phenolic OH excluding ortho intramolecular Hbond substituents is 1. The highest BCUT2D eigenvalue weighted by Gasteiger charge is 2.15. The van der Waals surface area contributed by atoms with Crippen molar-refractivity contribution >= 4 is 5.97 Å². The highest BCUT2D eigenvalue weighted by molar-refractivity contribution is 5.85. The van der Waals surface area contributed by atoms with Crippen LogP contribution in [0.15, 0.2) is 24.3 Å². The van der Waals surface area contributed by atoms with Gasteiger partial charge in [-0.2, -0.15) is 5.10 Å². The lowest BCUT2D eigenvalue weighted by Gasteiger charge is -2.09. The summed E-state index contributed by atoms with van der Waals surface area (Å²) in [5.41, 5.74) is 2.09. The van der Waals surface area contributed by atoms with Crippen LogP contribution in [0.3, 0.4) is 0 Å². The van der Waals surface area contributed by atoms with Crippen molar-refractivity contribution in [2.45, 2.75) is 13.5 Å². The molecule has 6 heteroatoms. The van der Waals surface area contributed by atoms with Gasteiger partial charge in [-0.25, -0.2) is 9.48 Å². The smallest absolute Gasteiger partial charge is 0.356 e. The Balaban J connectivity index is 2.56. The number of ether oxygens (including phenoxy) is 1. The van der Waals surface area contributed by atoms with Crippen molar-refractivity contribution in [3.8, 4) is 11.4 Å². The molecule has 0 aliphatic carbocycles. The average molecular weight is 262 g/mol. The number of carboxylic acid groups (broad SMARTS) is 1. The fraction of sp³-hybridized carbons (Fsp3) is 0.231. The fourth-order valence-electron chi connectivity index (χ4n) is 1.86. The maximum atomic E-state index is 11.0. The van der Waals surface area contributed by atoms with Crippen LogP contribution in [-0.2, 0) is 11.3 Å². The monoisotopic (exact) mass is 262 g/mol. The molecule has 0 aliphatic rings. The lowest BCUT2D eigenvalue weighted by molar-refractivity contribution is 0.0690. The molecule has 0 atom stereocenters. The van der Waals surface area contributed by atoms with Crippen molar-refractivity contribution in [1.29, 1.82) is 0 Å². The summed E-state index contributed by atoms with van der Waals surface area (Å²) in [4.78, 5) is 11.0. The Morgan fingerprint density at radius 1 is 1.42 bits per heavy atom. The number of nitrogens with zero attached hydrogens (tertiary/aromatic N) is 2. The molecule has 0 saturated carbocycles. The van der Waals surface area contributed by atoms with E-state index in [9.17, 15) is 9.90 Å². The first-order valence-corrected chi connectivity index (χ1v) is 5.64. The third kappa shape index (κ3) is 2.58. The van der Waals surface area contributed by atoms with Gasteiger partial charge in [0.05, 0.1) is 18.0 Å². The first kappa shape index (κ1) is 13.1. The van der Waals surface area contributed by atoms with Crippen LogP contribution in [0, 0.1) is 6.92 Å². The molecule has 2 rings (SSSR count). The molecular weight excluding hydrogens is 248 g/mol. The predicted molar refractivity (Wildman–Crippen MR) is 67.6 cm³/mol. The molecule has 6 nitrogen and oxygen atoms in total. The van der Waals surface area contributed by atoms with Gasteiger partial charge in [-0.05, 0) is 36.8 Å². The van der Waals surface area contributed by atoms with Crippen LogP contribution < -0.4 is 0 Å². The van der Waals surface area contributed by atoms with Crippen molar-refractivity contribution in [3.05, 3.63) is 41.2 Å². The first-order valence-electron chi connectivity index (χ1n) is 5.64. The van der Waals surface area contributed by atoms with Crippen LogP contribution in [0.5, 0.6) is 5.75 Å². The average Bonchev–Trinajstić information content (AvgIpc) is 2.74. The molecule has 19 heavy (non-hydrogen) atoms. The molecule has 1 heterocycles. The maximum Gasteiger partial charge on any atom is 0.356 e. The maximum absolute atomic E-state index is 11.0. The third-order valence-electron chi connectivity index (χ3n) is 2.70. The van der Waals surface area contributed by atoms with Crippen LogP contribution in [0.1, 0.15) is 21.7 Å². The lowest BCUT2D eigenvalue weighted by atomic mass is 10.2. The Morgan fingerprint density at radius 2 is 2.16 bits per heavy atom. The van der Waals surface area contributed by atoms with Gasteiger partial charge in [0.15, 0.2) is 5.69 Å². The zero-order chi connectivity index (χ0) is 14.0. The van der Waals surface area contributed by atoms with E-state index in [0.29, 0.717) is 11.4 Å². The second-order valence-corrected chi connectivity index (χ2v) is 4.14. The van der Waals surface area contributed by atoms with Crippen molar-refractivity contribution in [2.24, 2.45) is 0 Å². The quantitative estimate of drug-likeness (QED) is 0.876. The number of carbonyl (C=O) groups is 1. The zero-order valence-corrected chi connectivity index (χ0v) is 10.6. The van der Waals surface area contributed by atoms with Gasteiger partial charge in [0.1, 0.15) is 5.75 Å². The summed E-state index contributed by atoms with van der Waals surface area (Å²) in [6.07, 6.45) is 0. The van der Waals surface area contributed by atoms with Gasteiger partial charge >= 0.3 is 5.97 Å². The number of aromatic nitrogens is 2. The normalized spacial score (nSPS) is 10.6. The second-order valence-electron chi connectivity index (χ2n) is 4.14. The van der Waals surface area contributed by atoms with E-state index < -0.39 is 5.97 Å². The second kappa shape index (κ2) is 5.11. The molecule has 0 amide bonds. The number of aryl methyl sites for hydroxylation is 1. The number of rotatable bonds is 4. The number of aromatic carboxylic acids is 1. The number of carboxylic acids is 1. The van der Waals surface area contributed by atoms with E-state index in [0.717, 1.165) is 5.56 Å². The summed E-state index contributed by atoms with van der Waals surface area (Å²) >= 11 is 0. The SMILES string of the molecule is COCc1cc(C(=O)O)nn1-c1ccc(O)cc1C. The molecule has 0 radical (unpaired) electrons. The van der Waals surface area contributed by atoms with Gasteiger partial charge in [-0.15, -0.1) is 0 Å². The van der Waals surface area contributed by atoms with Crippen molar-refractivity contribution in [2.75, 3.05) is 7.11 Å². The standard InChI is InChI=1S/C13H14N2O4/c1-8-5-10(16)3-4-12(8)15-9(7-19-2)6-11(14-15)13(17)18/h3-6,16H,7H2,1-2H3,(H,17,18). The number of methoxy groups -OCH3 is 1. The molecule has 0 fully saturated rings. The summed E-state index contributed by atoms with van der Waals surface area (Å²) in [5, 5.41) is 22.4. The highest BCUT2D eigenvalue weighted by Crippen LogP contribution is 2.21. The Morgan fingerprint density at radius 3 is 2.74 bits per heavy atom. The highest BCUT2D eigenvalue weighted by atomic mass is 16.5. The molecule has 0 spiro atoms. The van der Waals surface area contributed by atoms with Crippen LogP contribution in [0.4, 0.5) is 0 Å². The van der Waals surface area contributed by atoms with E-state index >= 15 is 0 Å². The molecule has 0 aliphatic heterocycles. The third-order valence-corrected chi connectivity index (χ3v) is 2.70. The molecule has 2 aromatic rings. The molecular formula is C13H14N2O4. The number of aromatic hydroxyl groups is 1. The van der Waals surface area contributed by atoms with Gasteiger partial charge in [-0.3, -0.25) is 0 Å². The minimum Gasteiger partial charge on any atom is -0.508 e. The number of hydrogen-bond donors (Lipinski definition) is 2. The summed E-state index contributed by atoms with van der Waals surface area (Å²) in [6, 6.07) is 6.27. The molecule has 0 saturated heterocycles. The molecule has 0 unspecified atom stereocenters. The van der Waals surface area contributed by atoms with Crippen LogP contribution in [0.2, 0.25) is 0 Å². The van der Waals surface area contributed by atoms with E-state index in [4.69, 9.17) is 9.84 Å². The Kier molecular flexibility index (Phi) is 3.52. The first-order chi connectivity index (χ1) is 9.02. The van der Waals surface area contributed by atoms with E-state index in [1.165, 1.54) is 23.9 Å². The molecule has 0 bridgehead atoms. The predicted octanol–water partition coefficient (Wildman–Crippen LogP) is 1.73. The summed E-state index contributed by atoms with van der Waals surface area (Å²) in [7, 11) is 1.53. The van der Waals surface area contributed by atoms with Crippen LogP contribution in [0.25, 0.3) is 5.69 Å². The molecule has 1 aromatic heterocycles. The molecule has 1 aromatic carbocycles. The molecule has 100 valence electrons. The lowest BCUT2D eigenvalue weighted by Crippen LogP contribution is -2.06. The van der Waals surface area contributed by atoms with Crippen molar-refractivity contribution < 1.29 is 19.7 Å². The van der Waals surface area contributed by atoms with Gasteiger partial charge in [0.25, 0.3) is 0 Å². The number of hydrogen-bond acceptors (Lipinski definition) is 4. The van der Waals surface area contributed by atoms with Gasteiger partial charge < -0.3 is 14.9 Å². The number of phenols is 1. The minimum absolute atomic E-state index is 0.0421. The number of benzene rings is 1. The van der Waals surface area contributed by atoms with Crippen LogP contribution in [-0.4, -0.2) is 33.1 Å². The van der Waals surface area contributed by atoms with Crippen molar-refractivity contribution in [1.82, 2.24) is 9.78 Å². The van der Waals surface area contributed by atoms with Crippen molar-refractivity contribution in [3.63, 3.8) is 0 Å². The van der Waals surface area contributed by atoms with Gasteiger partial charge in [-0.1, -0.05) is 0 Å². The minimum atomic E-state index is -1.09. The van der Waals surface area contributed by atoms with E-state index in [1.54, 1.807) is 12.1 Å². The Hall–Kier alpha value is -2.34. The van der Waals surface area contributed by atoms with E-state index in [2.05, 4.69) is 5.10 Å². The summed E-state index contributed by atoms with van der Waals surface area (Å²) < 4.78 is 6.56. The summed E-state index contributed by atoms with van der Waals surface area (Å²) in [5.74, 6) is -0.937. The van der Waals surface area contributed by atoms with Crippen LogP contribution >= 0.6 is 0 Å². The van der Waals surface area contributed by atoms with E-state index in [1.807, 2.05) is 6.92 Å².